The number of methoxy groups -OCH3 is 2. The van der Waals surface area contributed by atoms with Crippen molar-refractivity contribution in [3.05, 3.63) is 35.9 Å². The minimum absolute atomic E-state index is 0.0276. The summed E-state index contributed by atoms with van der Waals surface area (Å²) in [5, 5.41) is 10.7. The number of carbonyl (C=O) groups is 1. The predicted molar refractivity (Wildman–Crippen MR) is 98.5 cm³/mol. The second-order valence-corrected chi connectivity index (χ2v) is 6.46. The molecule has 7 heteroatoms. The van der Waals surface area contributed by atoms with Gasteiger partial charge in [-0.15, -0.1) is 0 Å². The van der Waals surface area contributed by atoms with Crippen molar-refractivity contribution in [2.75, 3.05) is 53.6 Å². The summed E-state index contributed by atoms with van der Waals surface area (Å²) in [6.45, 7) is 3.70. The van der Waals surface area contributed by atoms with Crippen molar-refractivity contribution in [3.8, 4) is 5.88 Å². The third-order valence-electron chi connectivity index (χ3n) is 4.61. The van der Waals surface area contributed by atoms with E-state index in [2.05, 4.69) is 9.88 Å². The maximum Gasteiger partial charge on any atom is 0.253 e. The molecule has 1 fully saturated rings. The molecule has 1 N–H and O–H groups in total. The van der Waals surface area contributed by atoms with Crippen LogP contribution in [0.2, 0.25) is 0 Å². The lowest BCUT2D eigenvalue weighted by Gasteiger charge is -2.35. The molecule has 2 aromatic rings. The van der Waals surface area contributed by atoms with Crippen LogP contribution in [0.25, 0.3) is 10.9 Å². The summed E-state index contributed by atoms with van der Waals surface area (Å²) in [6.07, 6.45) is -0.493. The molecule has 0 saturated carbocycles. The van der Waals surface area contributed by atoms with Crippen LogP contribution in [0.15, 0.2) is 30.3 Å². The molecule has 1 aliphatic rings. The second kappa shape index (κ2) is 8.44. The molecular weight excluding hydrogens is 334 g/mol. The molecule has 1 atom stereocenters. The van der Waals surface area contributed by atoms with Gasteiger partial charge >= 0.3 is 0 Å². The van der Waals surface area contributed by atoms with Gasteiger partial charge in [0, 0.05) is 56.8 Å². The van der Waals surface area contributed by atoms with Crippen LogP contribution in [0.5, 0.6) is 5.88 Å². The maximum absolute atomic E-state index is 12.8. The number of ether oxygens (including phenoxy) is 2. The zero-order valence-electron chi connectivity index (χ0n) is 15.2. The Bertz CT molecular complexity index is 760. The van der Waals surface area contributed by atoms with Crippen molar-refractivity contribution in [2.45, 2.75) is 6.10 Å². The van der Waals surface area contributed by atoms with E-state index in [0.29, 0.717) is 37.7 Å². The topological polar surface area (TPSA) is 75.1 Å². The van der Waals surface area contributed by atoms with E-state index in [-0.39, 0.29) is 5.91 Å². The van der Waals surface area contributed by atoms with Crippen molar-refractivity contribution in [2.24, 2.45) is 0 Å². The molecule has 1 aliphatic heterocycles. The Morgan fingerprint density at radius 2 is 1.96 bits per heavy atom. The van der Waals surface area contributed by atoms with Crippen molar-refractivity contribution in [3.63, 3.8) is 0 Å². The first-order chi connectivity index (χ1) is 12.6. The Balaban J connectivity index is 1.62. The molecule has 0 aliphatic carbocycles. The fraction of sp³-hybridized carbons (Fsp3) is 0.474. The van der Waals surface area contributed by atoms with Crippen LogP contribution in [0.1, 0.15) is 10.4 Å². The summed E-state index contributed by atoms with van der Waals surface area (Å²) < 4.78 is 10.1. The number of rotatable bonds is 6. The number of carbonyl (C=O) groups excluding carboxylic acids is 1. The quantitative estimate of drug-likeness (QED) is 0.830. The van der Waals surface area contributed by atoms with E-state index in [1.54, 1.807) is 20.3 Å². The van der Waals surface area contributed by atoms with Crippen LogP contribution >= 0.6 is 0 Å². The van der Waals surface area contributed by atoms with Gasteiger partial charge in [0.25, 0.3) is 5.91 Å². The Hall–Kier alpha value is -2.22. The number of aromatic nitrogens is 1. The molecule has 0 bridgehead atoms. The van der Waals surface area contributed by atoms with Gasteiger partial charge < -0.3 is 19.5 Å². The summed E-state index contributed by atoms with van der Waals surface area (Å²) in [4.78, 5) is 21.2. The highest BCUT2D eigenvalue weighted by atomic mass is 16.5. The number of hydrogen-bond donors (Lipinski definition) is 1. The van der Waals surface area contributed by atoms with Crippen molar-refractivity contribution in [1.82, 2.24) is 14.8 Å². The smallest absolute Gasteiger partial charge is 0.253 e. The molecule has 1 saturated heterocycles. The van der Waals surface area contributed by atoms with Gasteiger partial charge in [-0.1, -0.05) is 0 Å². The first-order valence-electron chi connectivity index (χ1n) is 8.74. The third-order valence-corrected chi connectivity index (χ3v) is 4.61. The summed E-state index contributed by atoms with van der Waals surface area (Å²) in [6, 6.07) is 9.24. The molecule has 1 aromatic heterocycles. The highest BCUT2D eigenvalue weighted by Gasteiger charge is 2.23. The fourth-order valence-electron chi connectivity index (χ4n) is 3.21. The molecule has 26 heavy (non-hydrogen) atoms. The third kappa shape index (κ3) is 4.30. The van der Waals surface area contributed by atoms with E-state index in [4.69, 9.17) is 9.47 Å². The summed E-state index contributed by atoms with van der Waals surface area (Å²) >= 11 is 0. The maximum atomic E-state index is 12.8. The van der Waals surface area contributed by atoms with Gasteiger partial charge in [-0.2, -0.15) is 0 Å². The largest absolute Gasteiger partial charge is 0.481 e. The van der Waals surface area contributed by atoms with Crippen LogP contribution in [-0.4, -0.2) is 85.5 Å². The summed E-state index contributed by atoms with van der Waals surface area (Å²) in [5.41, 5.74) is 1.47. The van der Waals surface area contributed by atoms with Crippen molar-refractivity contribution in [1.29, 1.82) is 0 Å². The first kappa shape index (κ1) is 18.6. The number of β-amino-alcohol motifs (C(OH)–C–C–N with tert-alkyl or cyclic N) is 1. The molecule has 1 aromatic carbocycles. The number of benzene rings is 1. The number of pyridine rings is 1. The van der Waals surface area contributed by atoms with Crippen LogP contribution in [0.3, 0.4) is 0 Å². The van der Waals surface area contributed by atoms with E-state index in [9.17, 15) is 9.90 Å². The van der Waals surface area contributed by atoms with Crippen LogP contribution in [-0.2, 0) is 4.74 Å². The lowest BCUT2D eigenvalue weighted by atomic mass is 10.1. The van der Waals surface area contributed by atoms with Gasteiger partial charge in [-0.3, -0.25) is 9.69 Å². The van der Waals surface area contributed by atoms with Gasteiger partial charge in [0.1, 0.15) is 0 Å². The van der Waals surface area contributed by atoms with E-state index < -0.39 is 6.10 Å². The molecule has 1 amide bonds. The van der Waals surface area contributed by atoms with E-state index >= 15 is 0 Å². The van der Waals surface area contributed by atoms with E-state index in [0.717, 1.165) is 24.0 Å². The lowest BCUT2D eigenvalue weighted by molar-refractivity contribution is 0.0232. The normalized spacial score (nSPS) is 16.7. The minimum atomic E-state index is -0.493. The van der Waals surface area contributed by atoms with Gasteiger partial charge in [0.2, 0.25) is 5.88 Å². The average Bonchev–Trinajstić information content (AvgIpc) is 2.67. The van der Waals surface area contributed by atoms with Crippen LogP contribution < -0.4 is 4.74 Å². The number of aliphatic hydroxyl groups is 1. The number of fused-ring (bicyclic) bond motifs is 1. The molecule has 140 valence electrons. The second-order valence-electron chi connectivity index (χ2n) is 6.46. The highest BCUT2D eigenvalue weighted by Crippen LogP contribution is 2.19. The predicted octanol–water partition coefficient (Wildman–Crippen LogP) is 1.01. The molecule has 2 heterocycles. The Morgan fingerprint density at radius 3 is 2.65 bits per heavy atom. The SMILES string of the molecule is COCC(O)CN1CCN(C(=O)c2ccc3nc(OC)ccc3c2)CC1. The number of aliphatic hydroxyl groups excluding tert-OH is 1. The Labute approximate surface area is 153 Å². The molecule has 0 spiro atoms. The molecule has 3 rings (SSSR count). The zero-order chi connectivity index (χ0) is 18.5. The lowest BCUT2D eigenvalue weighted by Crippen LogP contribution is -2.50. The van der Waals surface area contributed by atoms with Gasteiger partial charge in [0.05, 0.1) is 25.3 Å². The Morgan fingerprint density at radius 1 is 1.19 bits per heavy atom. The highest BCUT2D eigenvalue weighted by molar-refractivity contribution is 5.98. The van der Waals surface area contributed by atoms with E-state index in [1.165, 1.54) is 0 Å². The fourth-order valence-corrected chi connectivity index (χ4v) is 3.21. The average molecular weight is 359 g/mol. The number of hydrogen-bond acceptors (Lipinski definition) is 6. The Kier molecular flexibility index (Phi) is 6.03. The summed E-state index contributed by atoms with van der Waals surface area (Å²) in [7, 11) is 3.16. The van der Waals surface area contributed by atoms with Crippen molar-refractivity contribution >= 4 is 16.8 Å². The number of piperazine rings is 1. The van der Waals surface area contributed by atoms with Gasteiger partial charge in [-0.05, 0) is 24.3 Å². The van der Waals surface area contributed by atoms with Gasteiger partial charge in [-0.25, -0.2) is 4.98 Å². The molecule has 1 unspecified atom stereocenters. The number of nitrogens with zero attached hydrogens (tertiary/aromatic N) is 3. The van der Waals surface area contributed by atoms with Crippen LogP contribution in [0.4, 0.5) is 0 Å². The molecule has 0 radical (unpaired) electrons. The first-order valence-corrected chi connectivity index (χ1v) is 8.74. The minimum Gasteiger partial charge on any atom is -0.481 e. The number of amides is 1. The molecular formula is C19H25N3O4. The van der Waals surface area contributed by atoms with Crippen LogP contribution in [0, 0.1) is 0 Å². The zero-order valence-corrected chi connectivity index (χ0v) is 15.2. The summed E-state index contributed by atoms with van der Waals surface area (Å²) in [5.74, 6) is 0.586. The standard InChI is InChI=1S/C19H25N3O4/c1-25-13-16(23)12-21-7-9-22(10-8-21)19(24)15-3-5-17-14(11-15)4-6-18(20-17)26-2/h3-6,11,16,23H,7-10,12-13H2,1-2H3. The molecule has 7 nitrogen and oxygen atoms in total. The van der Waals surface area contributed by atoms with E-state index in [1.807, 2.05) is 29.2 Å². The monoisotopic (exact) mass is 359 g/mol. The van der Waals surface area contributed by atoms with Gasteiger partial charge in [0.15, 0.2) is 0 Å². The van der Waals surface area contributed by atoms with Crippen molar-refractivity contribution < 1.29 is 19.4 Å².